The van der Waals surface area contributed by atoms with Crippen LogP contribution in [-0.2, 0) is 0 Å². The van der Waals surface area contributed by atoms with Crippen molar-refractivity contribution in [3.8, 4) is 17.2 Å². The van der Waals surface area contributed by atoms with Crippen LogP contribution in [0.25, 0.3) is 11.0 Å². The molecule has 0 amide bonds. The molecule has 4 aromatic rings. The van der Waals surface area contributed by atoms with Gasteiger partial charge in [-0.15, -0.1) is 0 Å². The summed E-state index contributed by atoms with van der Waals surface area (Å²) in [4.78, 5) is 0.807. The number of methoxy groups -OCH3 is 3. The van der Waals surface area contributed by atoms with Crippen LogP contribution in [0.15, 0.2) is 45.8 Å². The number of aryl methyl sites for hydroxylation is 1. The number of nitrogens with zero attached hydrogens (tertiary/aromatic N) is 3. The van der Waals surface area contributed by atoms with Gasteiger partial charge < -0.3 is 28.8 Å². The maximum atomic E-state index is 5.66. The number of hydrogen-bond donors (Lipinski definition) is 2. The molecule has 0 atom stereocenters. The van der Waals surface area contributed by atoms with Gasteiger partial charge in [-0.1, -0.05) is 11.2 Å². The predicted octanol–water partition coefficient (Wildman–Crippen LogP) is 5.80. The minimum atomic E-state index is 0.209. The van der Waals surface area contributed by atoms with Crippen molar-refractivity contribution >= 4 is 40.2 Å². The van der Waals surface area contributed by atoms with E-state index in [9.17, 15) is 0 Å². The molecule has 0 aliphatic heterocycles. The third-order valence-corrected chi connectivity index (χ3v) is 5.94. The molecule has 0 saturated heterocycles. The number of nitrogens with one attached hydrogen (secondary N) is 2. The molecule has 33 heavy (non-hydrogen) atoms. The number of aromatic nitrogens is 3. The molecule has 174 valence electrons. The summed E-state index contributed by atoms with van der Waals surface area (Å²) < 4.78 is 27.4. The van der Waals surface area contributed by atoms with E-state index in [1.165, 1.54) is 11.9 Å². The molecule has 2 aromatic carbocycles. The van der Waals surface area contributed by atoms with Crippen molar-refractivity contribution < 1.29 is 18.7 Å². The molecule has 2 aromatic heterocycles. The zero-order valence-electron chi connectivity index (χ0n) is 19.4. The lowest BCUT2D eigenvalue weighted by Crippen LogP contribution is -2.07. The fraction of sp³-hybridized carbons (Fsp3) is 0.304. The summed E-state index contributed by atoms with van der Waals surface area (Å²) in [7, 11) is 4.87. The van der Waals surface area contributed by atoms with Gasteiger partial charge in [-0.05, 0) is 50.9 Å². The summed E-state index contributed by atoms with van der Waals surface area (Å²) >= 11 is 1.33. The number of benzene rings is 2. The summed E-state index contributed by atoms with van der Waals surface area (Å²) in [5, 5.41) is 13.0. The Hall–Kier alpha value is -3.53. The summed E-state index contributed by atoms with van der Waals surface area (Å²) in [6.45, 7) is 6.13. The predicted molar refractivity (Wildman–Crippen MR) is 130 cm³/mol. The van der Waals surface area contributed by atoms with Crippen molar-refractivity contribution in [2.75, 3.05) is 31.4 Å². The fourth-order valence-corrected chi connectivity index (χ4v) is 4.31. The Morgan fingerprint density at radius 1 is 1.00 bits per heavy atom. The van der Waals surface area contributed by atoms with Crippen molar-refractivity contribution in [3.63, 3.8) is 0 Å². The van der Waals surface area contributed by atoms with Crippen molar-refractivity contribution in [2.45, 2.75) is 31.7 Å². The van der Waals surface area contributed by atoms with E-state index in [1.54, 1.807) is 21.3 Å². The van der Waals surface area contributed by atoms with Crippen LogP contribution in [0.5, 0.6) is 17.2 Å². The van der Waals surface area contributed by atoms with E-state index < -0.39 is 0 Å². The van der Waals surface area contributed by atoms with Gasteiger partial charge in [0.15, 0.2) is 11.4 Å². The minimum absolute atomic E-state index is 0.209. The third kappa shape index (κ3) is 4.51. The van der Waals surface area contributed by atoms with Crippen LogP contribution in [0.1, 0.15) is 25.6 Å². The van der Waals surface area contributed by atoms with E-state index in [1.807, 2.05) is 48.0 Å². The lowest BCUT2D eigenvalue weighted by atomic mass is 10.2. The van der Waals surface area contributed by atoms with Crippen molar-refractivity contribution in [1.29, 1.82) is 0 Å². The highest BCUT2D eigenvalue weighted by Gasteiger charge is 2.18. The zero-order chi connectivity index (χ0) is 23.5. The number of anilines is 3. The SMILES string of the molecule is COc1cc2c(NSc3c(OC)cccc3OC)noc2cc1Nc1cc(C)nn1C(C)C. The van der Waals surface area contributed by atoms with Crippen LogP contribution in [-0.4, -0.2) is 36.3 Å². The van der Waals surface area contributed by atoms with E-state index in [0.717, 1.165) is 27.5 Å². The lowest BCUT2D eigenvalue weighted by molar-refractivity contribution is 0.376. The molecule has 2 heterocycles. The van der Waals surface area contributed by atoms with Crippen molar-refractivity contribution in [1.82, 2.24) is 14.9 Å². The van der Waals surface area contributed by atoms with Crippen LogP contribution in [0.3, 0.4) is 0 Å². The topological polar surface area (TPSA) is 95.6 Å². The highest BCUT2D eigenvalue weighted by molar-refractivity contribution is 8.00. The number of ether oxygens (including phenoxy) is 3. The van der Waals surface area contributed by atoms with E-state index in [2.05, 4.69) is 34.1 Å². The Labute approximate surface area is 196 Å². The van der Waals surface area contributed by atoms with Gasteiger partial charge in [-0.3, -0.25) is 0 Å². The first-order chi connectivity index (χ1) is 15.9. The molecule has 0 aliphatic rings. The lowest BCUT2D eigenvalue weighted by Gasteiger charge is -2.15. The highest BCUT2D eigenvalue weighted by atomic mass is 32.2. The quantitative estimate of drug-likeness (QED) is 0.295. The Bertz CT molecular complexity index is 1250. The second-order valence-electron chi connectivity index (χ2n) is 7.61. The second-order valence-corrected chi connectivity index (χ2v) is 8.43. The van der Waals surface area contributed by atoms with Crippen LogP contribution in [0.2, 0.25) is 0 Å². The molecule has 0 aliphatic carbocycles. The Morgan fingerprint density at radius 3 is 2.33 bits per heavy atom. The number of fused-ring (bicyclic) bond motifs is 1. The molecular weight excluding hydrogens is 442 g/mol. The van der Waals surface area contributed by atoms with Crippen molar-refractivity contribution in [3.05, 3.63) is 42.1 Å². The first kappa shape index (κ1) is 22.7. The molecule has 0 saturated carbocycles. The summed E-state index contributed by atoms with van der Waals surface area (Å²) in [6, 6.07) is 11.6. The first-order valence-electron chi connectivity index (χ1n) is 10.4. The second kappa shape index (κ2) is 9.53. The van der Waals surface area contributed by atoms with Gasteiger partial charge in [-0.2, -0.15) is 5.10 Å². The summed E-state index contributed by atoms with van der Waals surface area (Å²) in [5.41, 5.74) is 2.30. The van der Waals surface area contributed by atoms with Gasteiger partial charge >= 0.3 is 0 Å². The van der Waals surface area contributed by atoms with E-state index in [0.29, 0.717) is 28.6 Å². The molecule has 4 rings (SSSR count). The molecule has 0 fully saturated rings. The van der Waals surface area contributed by atoms with Crippen LogP contribution >= 0.6 is 11.9 Å². The zero-order valence-corrected chi connectivity index (χ0v) is 20.2. The molecule has 0 bridgehead atoms. The monoisotopic (exact) mass is 469 g/mol. The molecule has 0 spiro atoms. The van der Waals surface area contributed by atoms with Gasteiger partial charge in [0, 0.05) is 18.2 Å². The van der Waals surface area contributed by atoms with Gasteiger partial charge in [0.05, 0.1) is 38.1 Å². The molecule has 10 heteroatoms. The Balaban J connectivity index is 1.64. The van der Waals surface area contributed by atoms with Gasteiger partial charge in [0.1, 0.15) is 28.0 Å². The molecule has 0 radical (unpaired) electrons. The fourth-order valence-electron chi connectivity index (χ4n) is 3.46. The van der Waals surface area contributed by atoms with Gasteiger partial charge in [0.25, 0.3) is 0 Å². The molecule has 0 unspecified atom stereocenters. The number of hydrogen-bond acceptors (Lipinski definition) is 9. The maximum Gasteiger partial charge on any atom is 0.187 e. The average molecular weight is 470 g/mol. The number of rotatable bonds is 9. The standard InChI is InChI=1S/C23H27N5O4S/c1-13(2)28-21(10-14(3)25-28)24-16-12-19-15(11-20(16)31-6)23(26-32-19)27-33-22-17(29-4)8-7-9-18(22)30-5/h7-13,24H,1-6H3,(H,26,27). The molecular formula is C23H27N5O4S. The smallest absolute Gasteiger partial charge is 0.187 e. The van der Waals surface area contributed by atoms with E-state index in [4.69, 9.17) is 18.7 Å². The first-order valence-corrected chi connectivity index (χ1v) is 11.2. The Morgan fingerprint density at radius 2 is 1.70 bits per heavy atom. The minimum Gasteiger partial charge on any atom is -0.495 e. The summed E-state index contributed by atoms with van der Waals surface area (Å²) in [6.07, 6.45) is 0. The third-order valence-electron chi connectivity index (χ3n) is 5.03. The van der Waals surface area contributed by atoms with Crippen LogP contribution < -0.4 is 24.2 Å². The van der Waals surface area contributed by atoms with Gasteiger partial charge in [0.2, 0.25) is 0 Å². The van der Waals surface area contributed by atoms with Gasteiger partial charge in [-0.25, -0.2) is 4.68 Å². The highest BCUT2D eigenvalue weighted by Crippen LogP contribution is 2.40. The molecule has 2 N–H and O–H groups in total. The normalized spacial score (nSPS) is 11.1. The average Bonchev–Trinajstić information content (AvgIpc) is 3.39. The largest absolute Gasteiger partial charge is 0.495 e. The van der Waals surface area contributed by atoms with E-state index >= 15 is 0 Å². The Kier molecular flexibility index (Phi) is 6.55. The van der Waals surface area contributed by atoms with Crippen LogP contribution in [0, 0.1) is 6.92 Å². The summed E-state index contributed by atoms with van der Waals surface area (Å²) in [5.74, 6) is 3.48. The maximum absolute atomic E-state index is 5.66. The molecule has 9 nitrogen and oxygen atoms in total. The van der Waals surface area contributed by atoms with Crippen molar-refractivity contribution in [2.24, 2.45) is 0 Å². The van der Waals surface area contributed by atoms with E-state index in [-0.39, 0.29) is 6.04 Å². The van der Waals surface area contributed by atoms with Crippen LogP contribution in [0.4, 0.5) is 17.3 Å².